The van der Waals surface area contributed by atoms with Crippen molar-refractivity contribution in [1.82, 2.24) is 24.3 Å². The molecule has 0 radical (unpaired) electrons. The normalized spacial score (nSPS) is 17.0. The summed E-state index contributed by atoms with van der Waals surface area (Å²) in [6.45, 7) is -0.0676. The maximum absolute atomic E-state index is 13.6. The fourth-order valence-electron chi connectivity index (χ4n) is 4.07. The summed E-state index contributed by atoms with van der Waals surface area (Å²) < 4.78 is 73.9. The third kappa shape index (κ3) is 4.11. The average molecular weight is 505 g/mol. The van der Waals surface area contributed by atoms with Crippen LogP contribution in [-0.2, 0) is 23.6 Å². The Balaban J connectivity index is 1.56. The van der Waals surface area contributed by atoms with Crippen molar-refractivity contribution in [3.63, 3.8) is 0 Å². The van der Waals surface area contributed by atoms with Gasteiger partial charge in [0.2, 0.25) is 15.9 Å². The van der Waals surface area contributed by atoms with Crippen LogP contribution in [0.15, 0.2) is 64.2 Å². The summed E-state index contributed by atoms with van der Waals surface area (Å²) >= 11 is 0. The molecule has 1 N–H and O–H groups in total. The van der Waals surface area contributed by atoms with Gasteiger partial charge in [-0.2, -0.15) is 18.2 Å². The van der Waals surface area contributed by atoms with Gasteiger partial charge >= 0.3 is 6.43 Å². The van der Waals surface area contributed by atoms with Crippen LogP contribution in [0.1, 0.15) is 41.2 Å². The highest BCUT2D eigenvalue weighted by Crippen LogP contribution is 2.43. The molecule has 0 amide bonds. The first-order valence-corrected chi connectivity index (χ1v) is 11.8. The molecule has 0 saturated carbocycles. The summed E-state index contributed by atoms with van der Waals surface area (Å²) in [5.74, 6) is -1.61. The minimum absolute atomic E-state index is 0.0676. The minimum atomic E-state index is -4.16. The van der Waals surface area contributed by atoms with Gasteiger partial charge in [0, 0.05) is 30.9 Å². The van der Waals surface area contributed by atoms with Gasteiger partial charge < -0.3 is 9.52 Å². The largest absolute Gasteiger partial charge is 0.415 e. The zero-order chi connectivity index (χ0) is 24.9. The highest BCUT2D eigenvalue weighted by molar-refractivity contribution is 7.89. The molecule has 182 valence electrons. The maximum atomic E-state index is 13.6. The Morgan fingerprint density at radius 3 is 2.46 bits per heavy atom. The van der Waals surface area contributed by atoms with Gasteiger partial charge in [0.05, 0.1) is 23.2 Å². The summed E-state index contributed by atoms with van der Waals surface area (Å²) in [6, 6.07) is 8.34. The van der Waals surface area contributed by atoms with E-state index in [4.69, 9.17) is 4.42 Å². The second kappa shape index (κ2) is 8.59. The quantitative estimate of drug-likeness (QED) is 0.426. The van der Waals surface area contributed by atoms with Gasteiger partial charge in [-0.05, 0) is 35.4 Å². The predicted octanol–water partition coefficient (Wildman–Crippen LogP) is 3.53. The smallest absolute Gasteiger partial charge is 0.314 e. The number of sulfonamides is 1. The number of aliphatic hydroxyl groups excluding tert-OH is 1. The van der Waals surface area contributed by atoms with E-state index in [0.717, 1.165) is 4.31 Å². The molecule has 0 saturated heterocycles. The molecule has 2 aromatic heterocycles. The van der Waals surface area contributed by atoms with Crippen molar-refractivity contribution in [2.75, 3.05) is 0 Å². The van der Waals surface area contributed by atoms with Crippen LogP contribution >= 0.6 is 0 Å². The number of halogens is 3. The van der Waals surface area contributed by atoms with Gasteiger partial charge in [0.15, 0.2) is 0 Å². The molecule has 1 unspecified atom stereocenters. The lowest BCUT2D eigenvalue weighted by Gasteiger charge is -2.30. The Kier molecular flexibility index (Phi) is 5.69. The monoisotopic (exact) mass is 505 g/mol. The van der Waals surface area contributed by atoms with Gasteiger partial charge in [-0.3, -0.25) is 4.68 Å². The standard InChI is InChI=1S/C22H18F3N5O4S/c1-29-10-15(9-26-29)18(19(31)12-4-6-16(23)7-5-12)30-11-14-3-2-13(8-17(14)35(30,32)33)21-27-28-22(34-21)20(24)25/h2-10,18-20,31H,11H2,1H3/t18-,19?/m1/s1. The molecule has 3 heterocycles. The molecule has 0 aliphatic carbocycles. The third-order valence-corrected chi connectivity index (χ3v) is 7.65. The lowest BCUT2D eigenvalue weighted by molar-refractivity contribution is 0.0884. The molecule has 0 bridgehead atoms. The molecule has 4 aromatic rings. The minimum Gasteiger partial charge on any atom is -0.415 e. The predicted molar refractivity (Wildman–Crippen MR) is 115 cm³/mol. The molecule has 0 spiro atoms. The molecule has 2 atom stereocenters. The molecule has 9 nitrogen and oxygen atoms in total. The van der Waals surface area contributed by atoms with Crippen LogP contribution < -0.4 is 0 Å². The Bertz CT molecular complexity index is 1490. The molecule has 1 aliphatic heterocycles. The van der Waals surface area contributed by atoms with E-state index in [1.54, 1.807) is 13.2 Å². The van der Waals surface area contributed by atoms with Crippen molar-refractivity contribution in [3.8, 4) is 11.5 Å². The molecule has 13 heteroatoms. The lowest BCUT2D eigenvalue weighted by atomic mass is 9.97. The molecular formula is C22H18F3N5O4S. The first kappa shape index (κ1) is 23.2. The van der Waals surface area contributed by atoms with Gasteiger partial charge in [0.1, 0.15) is 5.82 Å². The summed E-state index contributed by atoms with van der Waals surface area (Å²) in [4.78, 5) is -0.0769. The second-order valence-electron chi connectivity index (χ2n) is 8.01. The van der Waals surface area contributed by atoms with Crippen LogP contribution in [0.4, 0.5) is 13.2 Å². The number of alkyl halides is 2. The van der Waals surface area contributed by atoms with Crippen LogP contribution in [0.5, 0.6) is 0 Å². The second-order valence-corrected chi connectivity index (χ2v) is 9.87. The van der Waals surface area contributed by atoms with Crippen LogP contribution in [-0.4, -0.2) is 37.8 Å². The van der Waals surface area contributed by atoms with Crippen molar-refractivity contribution >= 4 is 10.0 Å². The van der Waals surface area contributed by atoms with Crippen LogP contribution in [0.3, 0.4) is 0 Å². The molecule has 1 aliphatic rings. The number of rotatable bonds is 6. The zero-order valence-electron chi connectivity index (χ0n) is 18.1. The van der Waals surface area contributed by atoms with E-state index in [1.165, 1.54) is 53.3 Å². The van der Waals surface area contributed by atoms with Gasteiger partial charge in [-0.1, -0.05) is 18.2 Å². The van der Waals surface area contributed by atoms with Crippen molar-refractivity contribution in [3.05, 3.63) is 83.3 Å². The van der Waals surface area contributed by atoms with Gasteiger partial charge in [-0.25, -0.2) is 12.8 Å². The number of nitrogens with zero attached hydrogens (tertiary/aromatic N) is 5. The number of aromatic nitrogens is 4. The Morgan fingerprint density at radius 1 is 1.09 bits per heavy atom. The summed E-state index contributed by atoms with van der Waals surface area (Å²) in [5, 5.41) is 22.2. The first-order chi connectivity index (χ1) is 16.6. The van der Waals surface area contributed by atoms with Crippen molar-refractivity contribution < 1.29 is 31.1 Å². The van der Waals surface area contributed by atoms with E-state index in [2.05, 4.69) is 15.3 Å². The van der Waals surface area contributed by atoms with Crippen molar-refractivity contribution in [2.45, 2.75) is 30.0 Å². The highest BCUT2D eigenvalue weighted by Gasteiger charge is 2.43. The number of hydrogen-bond acceptors (Lipinski definition) is 7. The first-order valence-electron chi connectivity index (χ1n) is 10.3. The van der Waals surface area contributed by atoms with E-state index in [9.17, 15) is 26.7 Å². The Labute approximate surface area is 197 Å². The fraction of sp³-hybridized carbons (Fsp3) is 0.227. The summed E-state index contributed by atoms with van der Waals surface area (Å²) in [7, 11) is -2.51. The van der Waals surface area contributed by atoms with E-state index in [0.29, 0.717) is 16.7 Å². The zero-order valence-corrected chi connectivity index (χ0v) is 18.9. The topological polar surface area (TPSA) is 114 Å². The van der Waals surface area contributed by atoms with Gasteiger partial charge in [0.25, 0.3) is 5.89 Å². The van der Waals surface area contributed by atoms with E-state index < -0.39 is 40.3 Å². The number of aliphatic hydroxyl groups is 1. The van der Waals surface area contributed by atoms with Crippen LogP contribution in [0.25, 0.3) is 11.5 Å². The molecule has 2 aromatic carbocycles. The SMILES string of the molecule is Cn1cc([C@H](C(O)c2ccc(F)cc2)N2Cc3ccc(-c4nnc(C(F)F)o4)cc3S2(=O)=O)cn1. The maximum Gasteiger partial charge on any atom is 0.314 e. The van der Waals surface area contributed by atoms with Crippen molar-refractivity contribution in [1.29, 1.82) is 0 Å². The summed E-state index contributed by atoms with van der Waals surface area (Å²) in [6.07, 6.45) is -1.26. The number of aryl methyl sites for hydroxylation is 1. The van der Waals surface area contributed by atoms with Crippen LogP contribution in [0.2, 0.25) is 0 Å². The highest BCUT2D eigenvalue weighted by atomic mass is 32.2. The van der Waals surface area contributed by atoms with Gasteiger partial charge in [-0.15, -0.1) is 10.2 Å². The fourth-order valence-corrected chi connectivity index (χ4v) is 5.90. The molecule has 0 fully saturated rings. The van der Waals surface area contributed by atoms with E-state index in [-0.39, 0.29) is 22.9 Å². The van der Waals surface area contributed by atoms with Crippen LogP contribution in [0, 0.1) is 5.82 Å². The van der Waals surface area contributed by atoms with E-state index in [1.807, 2.05) is 0 Å². The Hall–Kier alpha value is -3.55. The number of hydrogen-bond donors (Lipinski definition) is 1. The number of benzene rings is 2. The molecular weight excluding hydrogens is 487 g/mol. The van der Waals surface area contributed by atoms with E-state index >= 15 is 0 Å². The molecule has 5 rings (SSSR count). The lowest BCUT2D eigenvalue weighted by Crippen LogP contribution is -2.33. The average Bonchev–Trinajstić information content (AvgIpc) is 3.54. The summed E-state index contributed by atoms with van der Waals surface area (Å²) in [5.41, 5.74) is 1.34. The number of fused-ring (bicyclic) bond motifs is 1. The molecule has 35 heavy (non-hydrogen) atoms. The Morgan fingerprint density at radius 2 is 1.83 bits per heavy atom. The van der Waals surface area contributed by atoms with Crippen molar-refractivity contribution in [2.24, 2.45) is 7.05 Å². The third-order valence-electron chi connectivity index (χ3n) is 5.74.